The van der Waals surface area contributed by atoms with E-state index < -0.39 is 15.7 Å². The molecule has 0 saturated carbocycles. The van der Waals surface area contributed by atoms with Crippen LogP contribution in [0.15, 0.2) is 57.4 Å². The van der Waals surface area contributed by atoms with E-state index in [4.69, 9.17) is 21.7 Å². The van der Waals surface area contributed by atoms with Gasteiger partial charge in [-0.05, 0) is 41.5 Å². The van der Waals surface area contributed by atoms with Gasteiger partial charge >= 0.3 is 0 Å². The van der Waals surface area contributed by atoms with Crippen molar-refractivity contribution >= 4 is 61.5 Å². The second kappa shape index (κ2) is 9.08. The van der Waals surface area contributed by atoms with Gasteiger partial charge in [0.25, 0.3) is 5.91 Å². The molecule has 1 amide bonds. The first-order valence-corrected chi connectivity index (χ1v) is 12.4. The number of amides is 1. The zero-order valence-corrected chi connectivity index (χ0v) is 19.5. The van der Waals surface area contributed by atoms with Crippen LogP contribution in [-0.2, 0) is 21.2 Å². The lowest BCUT2D eigenvalue weighted by Crippen LogP contribution is -2.45. The number of nitrogens with zero attached hydrogens (tertiary/aromatic N) is 3. The Morgan fingerprint density at radius 1 is 1.24 bits per heavy atom. The van der Waals surface area contributed by atoms with Crippen LogP contribution in [0.4, 0.5) is 4.39 Å². The van der Waals surface area contributed by atoms with Gasteiger partial charge in [-0.15, -0.1) is 0 Å². The van der Waals surface area contributed by atoms with Crippen LogP contribution < -0.4 is 4.74 Å². The number of hydrogen-bond acceptors (Lipinski definition) is 7. The zero-order valence-electron chi connectivity index (χ0n) is 17.1. The van der Waals surface area contributed by atoms with Gasteiger partial charge < -0.3 is 4.74 Å². The molecule has 0 bridgehead atoms. The fourth-order valence-electron chi connectivity index (χ4n) is 2.96. The highest BCUT2D eigenvalue weighted by atomic mass is 35.5. The Balaban J connectivity index is 1.56. The SMILES string of the molecule is CCS(=O)(=O)C1=NSC2=NC(=O)/C(=C\c3ccc(OCc4ccc(F)cc4)c(Cl)c3)C(=N)N21. The third-order valence-corrected chi connectivity index (χ3v) is 7.43. The predicted molar refractivity (Wildman–Crippen MR) is 127 cm³/mol. The van der Waals surface area contributed by atoms with E-state index in [0.717, 1.165) is 22.4 Å². The summed E-state index contributed by atoms with van der Waals surface area (Å²) in [4.78, 5) is 17.4. The summed E-state index contributed by atoms with van der Waals surface area (Å²) in [6, 6.07) is 10.7. The lowest BCUT2D eigenvalue weighted by molar-refractivity contribution is -0.114. The first-order chi connectivity index (χ1) is 15.7. The summed E-state index contributed by atoms with van der Waals surface area (Å²) in [6.07, 6.45) is 1.40. The van der Waals surface area contributed by atoms with Gasteiger partial charge in [-0.25, -0.2) is 17.7 Å². The summed E-state index contributed by atoms with van der Waals surface area (Å²) >= 11 is 7.05. The number of carbonyl (C=O) groups is 1. The molecule has 0 radical (unpaired) electrons. The smallest absolute Gasteiger partial charge is 0.283 e. The van der Waals surface area contributed by atoms with E-state index in [2.05, 4.69) is 9.39 Å². The molecule has 2 aliphatic rings. The highest BCUT2D eigenvalue weighted by Gasteiger charge is 2.42. The molecule has 0 fully saturated rings. The van der Waals surface area contributed by atoms with Gasteiger partial charge in [0, 0.05) is 0 Å². The largest absolute Gasteiger partial charge is 0.487 e. The van der Waals surface area contributed by atoms with Crippen molar-refractivity contribution in [3.8, 4) is 5.75 Å². The Kier molecular flexibility index (Phi) is 6.37. The van der Waals surface area contributed by atoms with Crippen LogP contribution in [0.25, 0.3) is 6.08 Å². The normalized spacial score (nSPS) is 17.2. The Hall–Kier alpha value is -3.02. The maximum Gasteiger partial charge on any atom is 0.283 e. The average molecular weight is 507 g/mol. The van der Waals surface area contributed by atoms with E-state index >= 15 is 0 Å². The van der Waals surface area contributed by atoms with Gasteiger partial charge in [0.05, 0.1) is 28.3 Å². The lowest BCUT2D eigenvalue weighted by atomic mass is 10.1. The minimum atomic E-state index is -3.72. The lowest BCUT2D eigenvalue weighted by Gasteiger charge is -2.24. The summed E-state index contributed by atoms with van der Waals surface area (Å²) < 4.78 is 47.2. The van der Waals surface area contributed by atoms with Crippen LogP contribution in [-0.4, -0.2) is 41.1 Å². The highest BCUT2D eigenvalue weighted by Crippen LogP contribution is 2.31. The quantitative estimate of drug-likeness (QED) is 0.483. The Bertz CT molecular complexity index is 1350. The molecule has 1 N–H and O–H groups in total. The number of sulfone groups is 1. The van der Waals surface area contributed by atoms with Gasteiger partial charge in [-0.3, -0.25) is 10.2 Å². The number of aliphatic imine (C=N–C) groups is 1. The molecular weight excluding hydrogens is 491 g/mol. The molecule has 170 valence electrons. The van der Waals surface area contributed by atoms with Crippen LogP contribution in [0.2, 0.25) is 5.02 Å². The van der Waals surface area contributed by atoms with Crippen LogP contribution in [0.3, 0.4) is 0 Å². The number of fused-ring (bicyclic) bond motifs is 1. The molecular formula is C21H16ClFN4O4S2. The molecule has 33 heavy (non-hydrogen) atoms. The number of benzene rings is 2. The fraction of sp³-hybridized carbons (Fsp3) is 0.143. The molecule has 0 saturated heterocycles. The molecule has 2 heterocycles. The molecule has 2 aromatic rings. The second-order valence-electron chi connectivity index (χ2n) is 6.92. The molecule has 0 atom stereocenters. The minimum Gasteiger partial charge on any atom is -0.487 e. The number of carbonyl (C=O) groups excluding carboxylic acids is 1. The van der Waals surface area contributed by atoms with Gasteiger partial charge in [0.1, 0.15) is 24.0 Å². The summed E-state index contributed by atoms with van der Waals surface area (Å²) in [7, 11) is -3.72. The zero-order chi connectivity index (χ0) is 23.8. The average Bonchev–Trinajstić information content (AvgIpc) is 3.22. The number of rotatable bonds is 5. The molecule has 0 unspecified atom stereocenters. The van der Waals surface area contributed by atoms with Crippen LogP contribution in [0.1, 0.15) is 18.1 Å². The van der Waals surface area contributed by atoms with Crippen molar-refractivity contribution in [3.05, 3.63) is 70.0 Å². The predicted octanol–water partition coefficient (Wildman–Crippen LogP) is 4.07. The van der Waals surface area contributed by atoms with E-state index in [-0.39, 0.29) is 44.9 Å². The molecule has 8 nitrogen and oxygen atoms in total. The van der Waals surface area contributed by atoms with Crippen molar-refractivity contribution in [2.45, 2.75) is 13.5 Å². The van der Waals surface area contributed by atoms with E-state index in [9.17, 15) is 17.6 Å². The molecule has 12 heteroatoms. The Morgan fingerprint density at radius 2 is 1.97 bits per heavy atom. The molecule has 2 aliphatic heterocycles. The van der Waals surface area contributed by atoms with Crippen LogP contribution in [0, 0.1) is 11.2 Å². The van der Waals surface area contributed by atoms with Crippen molar-refractivity contribution in [2.24, 2.45) is 9.39 Å². The van der Waals surface area contributed by atoms with E-state index in [1.54, 1.807) is 30.3 Å². The second-order valence-corrected chi connectivity index (χ2v) is 10.2. The summed E-state index contributed by atoms with van der Waals surface area (Å²) in [5.41, 5.74) is 1.15. The maximum atomic E-state index is 13.0. The molecule has 0 spiro atoms. The first-order valence-electron chi connectivity index (χ1n) is 9.58. The maximum absolute atomic E-state index is 13.0. The third kappa shape index (κ3) is 4.70. The van der Waals surface area contributed by atoms with Gasteiger partial charge in [0.15, 0.2) is 0 Å². The number of ether oxygens (including phenoxy) is 1. The van der Waals surface area contributed by atoms with Gasteiger partial charge in [0.2, 0.25) is 20.2 Å². The fourth-order valence-corrected chi connectivity index (χ4v) is 5.17. The van der Waals surface area contributed by atoms with Crippen LogP contribution >= 0.6 is 23.5 Å². The number of halogens is 2. The minimum absolute atomic E-state index is 0.0248. The van der Waals surface area contributed by atoms with E-state index in [1.165, 1.54) is 25.1 Å². The van der Waals surface area contributed by atoms with Crippen molar-refractivity contribution in [1.29, 1.82) is 5.41 Å². The Labute approximate surface area is 198 Å². The third-order valence-electron chi connectivity index (χ3n) is 4.73. The van der Waals surface area contributed by atoms with Crippen molar-refractivity contribution in [3.63, 3.8) is 0 Å². The number of amidine groups is 3. The van der Waals surface area contributed by atoms with E-state index in [0.29, 0.717) is 11.3 Å². The Morgan fingerprint density at radius 3 is 2.64 bits per heavy atom. The molecule has 0 aliphatic carbocycles. The van der Waals surface area contributed by atoms with Crippen molar-refractivity contribution in [1.82, 2.24) is 4.90 Å². The topological polar surface area (TPSA) is 112 Å². The molecule has 4 rings (SSSR count). The van der Waals surface area contributed by atoms with Gasteiger partial charge in [-0.2, -0.15) is 9.39 Å². The van der Waals surface area contributed by atoms with Crippen LogP contribution in [0.5, 0.6) is 5.75 Å². The van der Waals surface area contributed by atoms with E-state index in [1.807, 2.05) is 0 Å². The summed E-state index contributed by atoms with van der Waals surface area (Å²) in [5, 5.41) is 8.39. The standard InChI is InChI=1S/C21H16ClFN4O4S2/c1-2-33(29,30)21-26-32-20-25-19(28)15(18(24)27(20)21)9-13-5-8-17(16(22)10-13)31-11-12-3-6-14(23)7-4-12/h3-10,24H,2,11H2,1H3/b15-9-,24-18?. The molecule has 2 aromatic carbocycles. The monoisotopic (exact) mass is 506 g/mol. The first kappa shape index (κ1) is 23.1. The highest BCUT2D eigenvalue weighted by molar-refractivity contribution is 8.16. The van der Waals surface area contributed by atoms with Gasteiger partial charge in [-0.1, -0.05) is 36.7 Å². The number of hydrogen-bond donors (Lipinski definition) is 1. The molecule has 0 aromatic heterocycles. The van der Waals surface area contributed by atoms with Crippen molar-refractivity contribution < 1.29 is 22.3 Å². The summed E-state index contributed by atoms with van der Waals surface area (Å²) in [6.45, 7) is 1.65. The van der Waals surface area contributed by atoms with Crippen molar-refractivity contribution in [2.75, 3.05) is 5.75 Å². The summed E-state index contributed by atoms with van der Waals surface area (Å²) in [5.74, 6) is -1.18. The number of nitrogens with one attached hydrogen (secondary N) is 1.